The number of hydrogen-bond acceptors (Lipinski definition) is 0. The number of allylic oxidation sites excluding steroid dienone is 4. The molecule has 0 amide bonds. The fraction of sp³-hybridized carbons (Fsp3) is 0.733. The maximum Gasteiger partial charge on any atom is 0.460 e. The van der Waals surface area contributed by atoms with Crippen molar-refractivity contribution in [3.8, 4) is 0 Å². The zero-order valence-electron chi connectivity index (χ0n) is 16.1. The van der Waals surface area contributed by atoms with Crippen LogP contribution in [0.4, 0.5) is 74.6 Å². The van der Waals surface area contributed by atoms with E-state index in [2.05, 4.69) is 0 Å². The van der Waals surface area contributed by atoms with Crippen LogP contribution >= 0.6 is 0 Å². The Labute approximate surface area is 175 Å². The molecule has 0 aliphatic heterocycles. The molecule has 1 rings (SSSR count). The average molecular weight is 542 g/mol. The van der Waals surface area contributed by atoms with Crippen molar-refractivity contribution in [3.05, 3.63) is 21.9 Å². The highest BCUT2D eigenvalue weighted by Crippen LogP contribution is 2.65. The van der Waals surface area contributed by atoms with Gasteiger partial charge < -0.3 is 0 Å². The molecule has 33 heavy (non-hydrogen) atoms. The smallest absolute Gasteiger partial charge is 0.194 e. The van der Waals surface area contributed by atoms with Crippen LogP contribution in [0.5, 0.6) is 0 Å². The van der Waals surface area contributed by atoms with Crippen LogP contribution in [-0.4, -0.2) is 57.9 Å². The summed E-state index contributed by atoms with van der Waals surface area (Å²) in [5, 5.41) is -0.700. The minimum absolute atomic E-state index is 0.151. The summed E-state index contributed by atoms with van der Waals surface area (Å²) >= 11 is 0. The standard InChI is InChI=1S/C15H11F17Si/c1-4-3-6(33)7(5(4)2)8(16,17)9(18,19)10(20,21)11(22,23)12(24,25)13(26,27)14(28,29)15(30,31)32/h3H2,1-2,33H3. The number of halogens is 17. The number of rotatable bonds is 7. The summed E-state index contributed by atoms with van der Waals surface area (Å²) in [5.74, 6) is -56.1. The van der Waals surface area contributed by atoms with Gasteiger partial charge in [-0.3, -0.25) is 0 Å². The van der Waals surface area contributed by atoms with Gasteiger partial charge in [-0.15, -0.1) is 0 Å². The van der Waals surface area contributed by atoms with Gasteiger partial charge >= 0.3 is 47.6 Å². The highest BCUT2D eigenvalue weighted by molar-refractivity contribution is 6.23. The van der Waals surface area contributed by atoms with Crippen molar-refractivity contribution in [1.29, 1.82) is 0 Å². The second-order valence-electron chi connectivity index (χ2n) is 7.26. The lowest BCUT2D eigenvalue weighted by Gasteiger charge is -2.43. The van der Waals surface area contributed by atoms with E-state index in [0.29, 0.717) is 6.92 Å². The fourth-order valence-corrected chi connectivity index (χ4v) is 4.20. The van der Waals surface area contributed by atoms with Crippen LogP contribution in [0.25, 0.3) is 0 Å². The van der Waals surface area contributed by atoms with E-state index in [4.69, 9.17) is 0 Å². The monoisotopic (exact) mass is 542 g/mol. The SMILES string of the molecule is CC1=C(C)C(C(F)(F)C(F)(F)C(F)(F)C(F)(F)C(F)(F)C(F)(F)C(F)(F)C(F)(F)F)=C([SiH3])C1. The third-order valence-corrected chi connectivity index (χ3v) is 5.86. The molecule has 1 aliphatic carbocycles. The molecule has 18 heteroatoms. The van der Waals surface area contributed by atoms with E-state index in [0.717, 1.165) is 6.92 Å². The van der Waals surface area contributed by atoms with Crippen LogP contribution in [0.1, 0.15) is 20.3 Å². The molecular formula is C15H11F17Si. The minimum atomic E-state index is -8.60. The van der Waals surface area contributed by atoms with Gasteiger partial charge in [0.1, 0.15) is 0 Å². The summed E-state index contributed by atoms with van der Waals surface area (Å²) in [5.41, 5.74) is -2.98. The first-order valence-corrected chi connectivity index (χ1v) is 9.17. The maximum absolute atomic E-state index is 14.3. The molecule has 0 unspecified atom stereocenters. The Bertz CT molecular complexity index is 858. The Morgan fingerprint density at radius 2 is 0.818 bits per heavy atom. The fourth-order valence-electron chi connectivity index (χ4n) is 2.98. The molecule has 0 radical (unpaired) electrons. The van der Waals surface area contributed by atoms with Gasteiger partial charge in [-0.25, -0.2) is 0 Å². The van der Waals surface area contributed by atoms with Crippen molar-refractivity contribution in [2.45, 2.75) is 67.9 Å². The average Bonchev–Trinajstić information content (AvgIpc) is 2.85. The van der Waals surface area contributed by atoms with Crippen molar-refractivity contribution < 1.29 is 74.6 Å². The molecule has 0 aromatic carbocycles. The first-order chi connectivity index (χ1) is 14.1. The Kier molecular flexibility index (Phi) is 6.71. The van der Waals surface area contributed by atoms with Crippen LogP contribution in [0.15, 0.2) is 21.9 Å². The number of alkyl halides is 17. The van der Waals surface area contributed by atoms with Crippen LogP contribution < -0.4 is 0 Å². The quantitative estimate of drug-likeness (QED) is 0.260. The lowest BCUT2D eigenvalue weighted by atomic mass is 9.86. The molecule has 0 aromatic heterocycles. The molecule has 0 saturated carbocycles. The molecule has 0 fully saturated rings. The third kappa shape index (κ3) is 3.56. The lowest BCUT2D eigenvalue weighted by molar-refractivity contribution is -0.460. The predicted molar refractivity (Wildman–Crippen MR) is 80.6 cm³/mol. The van der Waals surface area contributed by atoms with Crippen molar-refractivity contribution in [1.82, 2.24) is 0 Å². The first-order valence-electron chi connectivity index (χ1n) is 8.17. The maximum atomic E-state index is 14.3. The van der Waals surface area contributed by atoms with Gasteiger partial charge in [-0.05, 0) is 25.8 Å². The lowest BCUT2D eigenvalue weighted by Crippen LogP contribution is -2.74. The van der Waals surface area contributed by atoms with Gasteiger partial charge in [0.2, 0.25) is 0 Å². The molecule has 1 aliphatic rings. The Balaban J connectivity index is 3.77. The van der Waals surface area contributed by atoms with Gasteiger partial charge in [0.15, 0.2) is 0 Å². The van der Waals surface area contributed by atoms with E-state index < -0.39 is 80.6 Å². The zero-order chi connectivity index (χ0) is 27.0. The van der Waals surface area contributed by atoms with E-state index >= 15 is 0 Å². The normalized spacial score (nSPS) is 18.6. The van der Waals surface area contributed by atoms with Crippen LogP contribution in [0, 0.1) is 0 Å². The summed E-state index contributed by atoms with van der Waals surface area (Å²) in [6.45, 7) is 1.66. The van der Waals surface area contributed by atoms with Crippen molar-refractivity contribution in [2.24, 2.45) is 0 Å². The second-order valence-corrected chi connectivity index (χ2v) is 8.46. The summed E-state index contributed by atoms with van der Waals surface area (Å²) in [6, 6.07) is 0. The molecule has 194 valence electrons. The van der Waals surface area contributed by atoms with Gasteiger partial charge in [0, 0.05) is 15.8 Å². The highest BCUT2D eigenvalue weighted by Gasteiger charge is 2.95. The molecule has 0 saturated heterocycles. The molecule has 0 atom stereocenters. The topological polar surface area (TPSA) is 0 Å². The summed E-state index contributed by atoms with van der Waals surface area (Å²) in [6.07, 6.45) is -8.29. The molecule has 0 heterocycles. The highest BCUT2D eigenvalue weighted by atomic mass is 28.1. The van der Waals surface area contributed by atoms with E-state index in [-0.39, 0.29) is 5.57 Å². The predicted octanol–water partition coefficient (Wildman–Crippen LogP) is 6.36. The Morgan fingerprint density at radius 3 is 1.09 bits per heavy atom. The van der Waals surface area contributed by atoms with Crippen molar-refractivity contribution in [3.63, 3.8) is 0 Å². The molecule has 0 nitrogen and oxygen atoms in total. The summed E-state index contributed by atoms with van der Waals surface area (Å²) in [7, 11) is -0.575. The summed E-state index contributed by atoms with van der Waals surface area (Å²) < 4.78 is 227. The van der Waals surface area contributed by atoms with Crippen molar-refractivity contribution in [2.75, 3.05) is 0 Å². The van der Waals surface area contributed by atoms with Crippen molar-refractivity contribution >= 4 is 10.2 Å². The largest absolute Gasteiger partial charge is 0.460 e. The van der Waals surface area contributed by atoms with Crippen LogP contribution in [-0.2, 0) is 0 Å². The van der Waals surface area contributed by atoms with E-state index in [1.54, 1.807) is 0 Å². The van der Waals surface area contributed by atoms with Gasteiger partial charge in [-0.1, -0.05) is 10.8 Å². The minimum Gasteiger partial charge on any atom is -0.194 e. The van der Waals surface area contributed by atoms with Gasteiger partial charge in [0.05, 0.1) is 0 Å². The molecule has 0 bridgehead atoms. The van der Waals surface area contributed by atoms with Crippen LogP contribution in [0.3, 0.4) is 0 Å². The van der Waals surface area contributed by atoms with Gasteiger partial charge in [0.25, 0.3) is 0 Å². The first kappa shape index (κ1) is 29.5. The second kappa shape index (κ2) is 7.50. The van der Waals surface area contributed by atoms with E-state index in [1.165, 1.54) is 0 Å². The van der Waals surface area contributed by atoms with E-state index in [9.17, 15) is 74.6 Å². The molecule has 0 N–H and O–H groups in total. The molecule has 0 aromatic rings. The zero-order valence-corrected chi connectivity index (χ0v) is 18.1. The Morgan fingerprint density at radius 1 is 0.515 bits per heavy atom. The van der Waals surface area contributed by atoms with Gasteiger partial charge in [-0.2, -0.15) is 74.6 Å². The third-order valence-electron chi connectivity index (χ3n) is 5.01. The Hall–Kier alpha value is -1.49. The number of hydrogen-bond donors (Lipinski definition) is 0. The van der Waals surface area contributed by atoms with Crippen LogP contribution in [0.2, 0.25) is 0 Å². The van der Waals surface area contributed by atoms with E-state index in [1.807, 2.05) is 0 Å². The summed E-state index contributed by atoms with van der Waals surface area (Å²) in [4.78, 5) is 0. The molecular weight excluding hydrogens is 531 g/mol. The molecule has 0 spiro atoms.